The Balaban J connectivity index is 2.27. The Labute approximate surface area is 125 Å². The topological polar surface area (TPSA) is 72.0 Å². The maximum absolute atomic E-state index is 13.4. The Morgan fingerprint density at radius 3 is 2.55 bits per heavy atom. The normalized spacial score (nSPS) is 11.0. The molecular weight excluding hydrogens is 288 g/mol. The van der Waals surface area contributed by atoms with E-state index in [2.05, 4.69) is 9.97 Å². The lowest BCUT2D eigenvalue weighted by atomic mass is 10.0. The lowest BCUT2D eigenvalue weighted by Crippen LogP contribution is -1.99. The van der Waals surface area contributed by atoms with E-state index < -0.39 is 11.6 Å². The molecule has 0 aliphatic carbocycles. The number of nitrogen functional groups attached to an aromatic ring is 1. The molecule has 0 atom stereocenters. The minimum Gasteiger partial charge on any atom is -0.506 e. The first-order valence-electron chi connectivity index (χ1n) is 6.74. The Bertz CT molecular complexity index is 881. The van der Waals surface area contributed by atoms with E-state index in [4.69, 9.17) is 5.73 Å². The fourth-order valence-corrected chi connectivity index (χ4v) is 2.36. The minimum absolute atomic E-state index is 0.125. The summed E-state index contributed by atoms with van der Waals surface area (Å²) in [5.41, 5.74) is 7.47. The van der Waals surface area contributed by atoms with Crippen LogP contribution in [0.15, 0.2) is 30.3 Å². The highest BCUT2D eigenvalue weighted by Crippen LogP contribution is 2.33. The number of fused-ring (bicyclic) bond motifs is 1. The standard InChI is InChI=1S/C16H13F2N3O/c1-2-12-9(3-4-15(19)20-12)16-14(22)6-8-5-10(17)11(18)7-13(8)21-16/h3-7,22H,2H2,1H3,(H2,19,20). The number of nitrogens with two attached hydrogens (primary N) is 1. The molecule has 0 unspecified atom stereocenters. The molecule has 4 nitrogen and oxygen atoms in total. The average molecular weight is 301 g/mol. The summed E-state index contributed by atoms with van der Waals surface area (Å²) < 4.78 is 26.6. The van der Waals surface area contributed by atoms with Gasteiger partial charge in [-0.15, -0.1) is 0 Å². The molecule has 0 spiro atoms. The number of anilines is 1. The molecule has 0 bridgehead atoms. The molecule has 0 fully saturated rings. The first-order valence-corrected chi connectivity index (χ1v) is 6.74. The predicted molar refractivity (Wildman–Crippen MR) is 80.3 cm³/mol. The highest BCUT2D eigenvalue weighted by molar-refractivity contribution is 5.85. The molecular formula is C16H13F2N3O. The van der Waals surface area contributed by atoms with Crippen molar-refractivity contribution in [3.63, 3.8) is 0 Å². The molecule has 2 aromatic heterocycles. The third-order valence-corrected chi connectivity index (χ3v) is 3.42. The Kier molecular flexibility index (Phi) is 3.36. The van der Waals surface area contributed by atoms with Crippen LogP contribution < -0.4 is 5.73 Å². The first kappa shape index (κ1) is 14.2. The molecule has 0 radical (unpaired) electrons. The van der Waals surface area contributed by atoms with Crippen LogP contribution in [0.25, 0.3) is 22.2 Å². The van der Waals surface area contributed by atoms with Crippen LogP contribution in [0.2, 0.25) is 0 Å². The number of pyridine rings is 2. The van der Waals surface area contributed by atoms with Crippen molar-refractivity contribution < 1.29 is 13.9 Å². The van der Waals surface area contributed by atoms with Crippen LogP contribution in [0.3, 0.4) is 0 Å². The van der Waals surface area contributed by atoms with Gasteiger partial charge in [-0.25, -0.2) is 18.7 Å². The predicted octanol–water partition coefficient (Wildman–Crippen LogP) is 3.43. The second-order valence-corrected chi connectivity index (χ2v) is 4.90. The van der Waals surface area contributed by atoms with Gasteiger partial charge in [-0.2, -0.15) is 0 Å². The molecule has 112 valence electrons. The highest BCUT2D eigenvalue weighted by atomic mass is 19.2. The minimum atomic E-state index is -0.984. The number of aryl methyl sites for hydroxylation is 1. The summed E-state index contributed by atoms with van der Waals surface area (Å²) in [6.45, 7) is 1.90. The van der Waals surface area contributed by atoms with E-state index in [-0.39, 0.29) is 17.0 Å². The van der Waals surface area contributed by atoms with Crippen LogP contribution in [-0.2, 0) is 6.42 Å². The van der Waals surface area contributed by atoms with E-state index in [0.717, 1.165) is 12.1 Å². The monoisotopic (exact) mass is 301 g/mol. The summed E-state index contributed by atoms with van der Waals surface area (Å²) >= 11 is 0. The van der Waals surface area contributed by atoms with Crippen molar-refractivity contribution in [1.82, 2.24) is 9.97 Å². The molecule has 6 heteroatoms. The van der Waals surface area contributed by atoms with Gasteiger partial charge in [0.05, 0.1) is 11.2 Å². The quantitative estimate of drug-likeness (QED) is 0.760. The summed E-state index contributed by atoms with van der Waals surface area (Å²) in [6, 6.07) is 6.67. The van der Waals surface area contributed by atoms with Crippen molar-refractivity contribution in [3.05, 3.63) is 47.7 Å². The van der Waals surface area contributed by atoms with Crippen LogP contribution in [-0.4, -0.2) is 15.1 Å². The zero-order valence-electron chi connectivity index (χ0n) is 11.8. The van der Waals surface area contributed by atoms with E-state index in [1.165, 1.54) is 6.07 Å². The summed E-state index contributed by atoms with van der Waals surface area (Å²) in [5, 5.41) is 10.5. The molecule has 3 aromatic rings. The van der Waals surface area contributed by atoms with Gasteiger partial charge in [-0.05, 0) is 30.7 Å². The van der Waals surface area contributed by atoms with Crippen LogP contribution in [0.5, 0.6) is 5.75 Å². The van der Waals surface area contributed by atoms with Crippen molar-refractivity contribution in [2.45, 2.75) is 13.3 Å². The third kappa shape index (κ3) is 2.32. The van der Waals surface area contributed by atoms with Gasteiger partial charge in [0.1, 0.15) is 17.3 Å². The lowest BCUT2D eigenvalue weighted by Gasteiger charge is -2.10. The number of nitrogens with zero attached hydrogens (tertiary/aromatic N) is 2. The van der Waals surface area contributed by atoms with Gasteiger partial charge >= 0.3 is 0 Å². The SMILES string of the molecule is CCc1nc(N)ccc1-c1nc2cc(F)c(F)cc2cc1O. The van der Waals surface area contributed by atoms with Crippen molar-refractivity contribution >= 4 is 16.7 Å². The Hall–Kier alpha value is -2.76. The molecule has 2 heterocycles. The second kappa shape index (κ2) is 5.22. The van der Waals surface area contributed by atoms with Crippen molar-refractivity contribution in [2.24, 2.45) is 0 Å². The number of rotatable bonds is 2. The van der Waals surface area contributed by atoms with Crippen LogP contribution >= 0.6 is 0 Å². The van der Waals surface area contributed by atoms with Crippen LogP contribution in [0.1, 0.15) is 12.6 Å². The molecule has 0 aliphatic heterocycles. The molecule has 0 amide bonds. The van der Waals surface area contributed by atoms with E-state index in [1.54, 1.807) is 12.1 Å². The van der Waals surface area contributed by atoms with E-state index in [0.29, 0.717) is 28.9 Å². The maximum atomic E-state index is 13.4. The fourth-order valence-electron chi connectivity index (χ4n) is 2.36. The molecule has 3 N–H and O–H groups in total. The number of benzene rings is 1. The van der Waals surface area contributed by atoms with Gasteiger partial charge < -0.3 is 10.8 Å². The zero-order valence-corrected chi connectivity index (χ0v) is 11.8. The Morgan fingerprint density at radius 2 is 1.82 bits per heavy atom. The molecule has 0 saturated carbocycles. The number of halogens is 2. The van der Waals surface area contributed by atoms with Gasteiger partial charge in [0, 0.05) is 17.0 Å². The van der Waals surface area contributed by atoms with Gasteiger partial charge in [0.15, 0.2) is 11.6 Å². The molecule has 0 aliphatic rings. The molecule has 0 saturated heterocycles. The fraction of sp³-hybridized carbons (Fsp3) is 0.125. The van der Waals surface area contributed by atoms with Gasteiger partial charge in [-0.3, -0.25) is 0 Å². The van der Waals surface area contributed by atoms with Crippen molar-refractivity contribution in [3.8, 4) is 17.0 Å². The summed E-state index contributed by atoms with van der Waals surface area (Å²) in [6.07, 6.45) is 0.595. The van der Waals surface area contributed by atoms with Crippen molar-refractivity contribution in [2.75, 3.05) is 5.73 Å². The highest BCUT2D eigenvalue weighted by Gasteiger charge is 2.14. The first-order chi connectivity index (χ1) is 10.5. The average Bonchev–Trinajstić information content (AvgIpc) is 2.48. The van der Waals surface area contributed by atoms with E-state index in [1.807, 2.05) is 6.92 Å². The number of aromatic hydroxyl groups is 1. The van der Waals surface area contributed by atoms with E-state index in [9.17, 15) is 13.9 Å². The molecule has 22 heavy (non-hydrogen) atoms. The summed E-state index contributed by atoms with van der Waals surface area (Å²) in [4.78, 5) is 8.46. The summed E-state index contributed by atoms with van der Waals surface area (Å²) in [7, 11) is 0. The summed E-state index contributed by atoms with van der Waals surface area (Å²) in [5.74, 6) is -1.72. The molecule has 1 aromatic carbocycles. The maximum Gasteiger partial charge on any atom is 0.161 e. The van der Waals surface area contributed by atoms with E-state index >= 15 is 0 Å². The number of hydrogen-bond donors (Lipinski definition) is 2. The van der Waals surface area contributed by atoms with Crippen molar-refractivity contribution in [1.29, 1.82) is 0 Å². The zero-order chi connectivity index (χ0) is 15.9. The number of aromatic nitrogens is 2. The Morgan fingerprint density at radius 1 is 1.09 bits per heavy atom. The smallest absolute Gasteiger partial charge is 0.161 e. The third-order valence-electron chi connectivity index (χ3n) is 3.42. The van der Waals surface area contributed by atoms with Gasteiger partial charge in [-0.1, -0.05) is 6.92 Å². The number of hydrogen-bond acceptors (Lipinski definition) is 4. The second-order valence-electron chi connectivity index (χ2n) is 4.90. The van der Waals surface area contributed by atoms with Gasteiger partial charge in [0.2, 0.25) is 0 Å². The largest absolute Gasteiger partial charge is 0.506 e. The molecule has 3 rings (SSSR count). The van der Waals surface area contributed by atoms with Crippen LogP contribution in [0.4, 0.5) is 14.6 Å². The lowest BCUT2D eigenvalue weighted by molar-refractivity contribution is 0.475. The van der Waals surface area contributed by atoms with Crippen LogP contribution in [0, 0.1) is 11.6 Å². The van der Waals surface area contributed by atoms with Gasteiger partial charge in [0.25, 0.3) is 0 Å².